The summed E-state index contributed by atoms with van der Waals surface area (Å²) in [7, 11) is 0. The van der Waals surface area contributed by atoms with Gasteiger partial charge in [-0.25, -0.2) is 4.98 Å². The number of nitrogens with zero attached hydrogens (tertiary/aromatic N) is 2. The first-order chi connectivity index (χ1) is 6.86. The van der Waals surface area contributed by atoms with Gasteiger partial charge in [-0.2, -0.15) is 0 Å². The minimum Gasteiger partial charge on any atom is -0.303 e. The molecule has 3 rings (SSSR count). The maximum absolute atomic E-state index is 4.18. The lowest BCUT2D eigenvalue weighted by Crippen LogP contribution is -1.89. The van der Waals surface area contributed by atoms with Gasteiger partial charge in [0.15, 0.2) is 0 Å². The molecule has 0 unspecified atom stereocenters. The first kappa shape index (κ1) is 7.56. The van der Waals surface area contributed by atoms with Crippen LogP contribution < -0.4 is 0 Å². The first-order valence-electron chi connectivity index (χ1n) is 4.67. The number of hydrogen-bond donors (Lipinski definition) is 0. The molecule has 0 spiro atoms. The summed E-state index contributed by atoms with van der Waals surface area (Å²) in [6.07, 6.45) is 3.77. The molecular formula is C12H10N2. The molecular weight excluding hydrogens is 172 g/mol. The molecule has 2 heterocycles. The molecule has 0 saturated heterocycles. The second-order valence-electron chi connectivity index (χ2n) is 3.52. The summed E-state index contributed by atoms with van der Waals surface area (Å²) in [6, 6.07) is 10.6. The van der Waals surface area contributed by atoms with Gasteiger partial charge in [0, 0.05) is 11.1 Å². The molecule has 0 saturated carbocycles. The highest BCUT2D eigenvalue weighted by molar-refractivity contribution is 5.95. The van der Waals surface area contributed by atoms with Crippen molar-refractivity contribution < 1.29 is 0 Å². The summed E-state index contributed by atoms with van der Waals surface area (Å²) in [5, 5.41) is 2.54. The third kappa shape index (κ3) is 0.880. The third-order valence-electron chi connectivity index (χ3n) is 2.62. The van der Waals surface area contributed by atoms with E-state index in [1.807, 2.05) is 12.5 Å². The van der Waals surface area contributed by atoms with E-state index in [2.05, 4.69) is 46.6 Å². The molecule has 2 aromatic heterocycles. The fraction of sp³-hybridized carbons (Fsp3) is 0.0833. The molecule has 0 amide bonds. The highest BCUT2D eigenvalue weighted by atomic mass is 15.0. The van der Waals surface area contributed by atoms with Crippen LogP contribution in [0.15, 0.2) is 42.9 Å². The van der Waals surface area contributed by atoms with Crippen molar-refractivity contribution in [1.82, 2.24) is 9.38 Å². The first-order valence-corrected chi connectivity index (χ1v) is 4.67. The van der Waals surface area contributed by atoms with E-state index in [9.17, 15) is 0 Å². The van der Waals surface area contributed by atoms with Gasteiger partial charge < -0.3 is 4.40 Å². The van der Waals surface area contributed by atoms with Crippen molar-refractivity contribution >= 4 is 16.3 Å². The maximum atomic E-state index is 4.18. The van der Waals surface area contributed by atoms with Crippen LogP contribution in [0.4, 0.5) is 0 Å². The van der Waals surface area contributed by atoms with Crippen LogP contribution in [-0.2, 0) is 0 Å². The number of imidazole rings is 1. The molecule has 3 aromatic rings. The van der Waals surface area contributed by atoms with Gasteiger partial charge in [-0.05, 0) is 18.4 Å². The van der Waals surface area contributed by atoms with Crippen LogP contribution in [0.2, 0.25) is 0 Å². The monoisotopic (exact) mass is 182 g/mol. The highest BCUT2D eigenvalue weighted by Crippen LogP contribution is 2.21. The van der Waals surface area contributed by atoms with Crippen LogP contribution in [0.1, 0.15) is 5.69 Å². The van der Waals surface area contributed by atoms with Gasteiger partial charge in [0.05, 0.1) is 18.0 Å². The Balaban J connectivity index is 2.66. The molecule has 0 aliphatic heterocycles. The van der Waals surface area contributed by atoms with E-state index in [1.165, 1.54) is 22.0 Å². The fourth-order valence-electron chi connectivity index (χ4n) is 1.93. The number of aromatic nitrogens is 2. The number of hydrogen-bond acceptors (Lipinski definition) is 1. The van der Waals surface area contributed by atoms with Crippen molar-refractivity contribution in [2.24, 2.45) is 0 Å². The predicted octanol–water partition coefficient (Wildman–Crippen LogP) is 2.80. The Labute approximate surface area is 81.8 Å². The number of benzene rings is 1. The van der Waals surface area contributed by atoms with Crippen molar-refractivity contribution in [2.45, 2.75) is 6.92 Å². The molecule has 68 valence electrons. The van der Waals surface area contributed by atoms with Crippen molar-refractivity contribution in [3.8, 4) is 0 Å². The molecule has 0 fully saturated rings. The third-order valence-corrected chi connectivity index (χ3v) is 2.62. The molecule has 0 aliphatic carbocycles. The SMILES string of the molecule is Cc1cc2ccccc2c2cncn12. The van der Waals surface area contributed by atoms with Crippen LogP contribution in [0, 0.1) is 6.92 Å². The summed E-state index contributed by atoms with van der Waals surface area (Å²) >= 11 is 0. The predicted molar refractivity (Wildman–Crippen MR) is 57.4 cm³/mol. The van der Waals surface area contributed by atoms with Crippen LogP contribution >= 0.6 is 0 Å². The Kier molecular flexibility index (Phi) is 1.39. The van der Waals surface area contributed by atoms with E-state index in [0.29, 0.717) is 0 Å². The summed E-state index contributed by atoms with van der Waals surface area (Å²) in [5.74, 6) is 0. The minimum atomic E-state index is 1.18. The van der Waals surface area contributed by atoms with Gasteiger partial charge in [0.2, 0.25) is 0 Å². The quantitative estimate of drug-likeness (QED) is 0.522. The lowest BCUT2D eigenvalue weighted by atomic mass is 10.1. The van der Waals surface area contributed by atoms with Crippen molar-refractivity contribution in [3.05, 3.63) is 48.5 Å². The Morgan fingerprint density at radius 1 is 1.21 bits per heavy atom. The van der Waals surface area contributed by atoms with Crippen LogP contribution in [0.25, 0.3) is 16.3 Å². The zero-order valence-electron chi connectivity index (χ0n) is 7.94. The van der Waals surface area contributed by atoms with Gasteiger partial charge in [-0.3, -0.25) is 0 Å². The average Bonchev–Trinajstić information content (AvgIpc) is 2.67. The Bertz CT molecular complexity index is 608. The van der Waals surface area contributed by atoms with E-state index < -0.39 is 0 Å². The Hall–Kier alpha value is -1.83. The van der Waals surface area contributed by atoms with E-state index in [0.717, 1.165) is 0 Å². The van der Waals surface area contributed by atoms with Gasteiger partial charge in [-0.15, -0.1) is 0 Å². The van der Waals surface area contributed by atoms with Gasteiger partial charge in [-0.1, -0.05) is 24.3 Å². The lowest BCUT2D eigenvalue weighted by molar-refractivity contribution is 1.08. The standard InChI is InChI=1S/C12H10N2/c1-9-6-10-4-2-3-5-11(10)12-7-13-8-14(9)12/h2-8H,1H3. The minimum absolute atomic E-state index is 1.18. The van der Waals surface area contributed by atoms with Crippen LogP contribution in [0.3, 0.4) is 0 Å². The van der Waals surface area contributed by atoms with Crippen molar-refractivity contribution in [2.75, 3.05) is 0 Å². The molecule has 0 atom stereocenters. The lowest BCUT2D eigenvalue weighted by Gasteiger charge is -2.04. The van der Waals surface area contributed by atoms with Crippen LogP contribution in [0.5, 0.6) is 0 Å². The molecule has 0 aliphatic rings. The smallest absolute Gasteiger partial charge is 0.0994 e. The topological polar surface area (TPSA) is 17.3 Å². The van der Waals surface area contributed by atoms with Crippen molar-refractivity contribution in [1.29, 1.82) is 0 Å². The van der Waals surface area contributed by atoms with Crippen molar-refractivity contribution in [3.63, 3.8) is 0 Å². The molecule has 14 heavy (non-hydrogen) atoms. The van der Waals surface area contributed by atoms with Gasteiger partial charge in [0.25, 0.3) is 0 Å². The zero-order valence-corrected chi connectivity index (χ0v) is 7.94. The van der Waals surface area contributed by atoms with E-state index in [4.69, 9.17) is 0 Å². The van der Waals surface area contributed by atoms with Crippen LogP contribution in [-0.4, -0.2) is 9.38 Å². The normalized spacial score (nSPS) is 11.2. The second-order valence-corrected chi connectivity index (χ2v) is 3.52. The van der Waals surface area contributed by atoms with E-state index >= 15 is 0 Å². The number of pyridine rings is 1. The summed E-state index contributed by atoms with van der Waals surface area (Å²) in [6.45, 7) is 2.10. The summed E-state index contributed by atoms with van der Waals surface area (Å²) in [5.41, 5.74) is 2.40. The fourth-order valence-corrected chi connectivity index (χ4v) is 1.93. The molecule has 0 radical (unpaired) electrons. The molecule has 2 heteroatoms. The second kappa shape index (κ2) is 2.58. The zero-order chi connectivity index (χ0) is 9.54. The number of rotatable bonds is 0. The molecule has 1 aromatic carbocycles. The molecule has 0 bridgehead atoms. The summed E-state index contributed by atoms with van der Waals surface area (Å²) < 4.78 is 2.11. The van der Waals surface area contributed by atoms with Gasteiger partial charge in [0.1, 0.15) is 0 Å². The van der Waals surface area contributed by atoms with E-state index in [-0.39, 0.29) is 0 Å². The largest absolute Gasteiger partial charge is 0.303 e. The average molecular weight is 182 g/mol. The van der Waals surface area contributed by atoms with E-state index in [1.54, 1.807) is 0 Å². The Morgan fingerprint density at radius 2 is 2.07 bits per heavy atom. The molecule has 0 N–H and O–H groups in total. The number of aryl methyl sites for hydroxylation is 1. The number of fused-ring (bicyclic) bond motifs is 3. The molecule has 2 nitrogen and oxygen atoms in total. The van der Waals surface area contributed by atoms with Gasteiger partial charge >= 0.3 is 0 Å². The Morgan fingerprint density at radius 3 is 3.00 bits per heavy atom. The maximum Gasteiger partial charge on any atom is 0.0994 e. The highest BCUT2D eigenvalue weighted by Gasteiger charge is 2.02. The summed E-state index contributed by atoms with van der Waals surface area (Å²) in [4.78, 5) is 4.18.